The number of nitrogens with zero attached hydrogens (tertiary/aromatic N) is 1. The van der Waals surface area contributed by atoms with Crippen LogP contribution in [0, 0.1) is 5.21 Å². The predicted octanol–water partition coefficient (Wildman–Crippen LogP) is 1.01. The van der Waals surface area contributed by atoms with Gasteiger partial charge in [-0.25, -0.2) is 4.74 Å². The van der Waals surface area contributed by atoms with Gasteiger partial charge in [0.1, 0.15) is 17.7 Å². The number of thiophene rings is 1. The van der Waals surface area contributed by atoms with Crippen molar-refractivity contribution in [3.63, 3.8) is 0 Å². The summed E-state index contributed by atoms with van der Waals surface area (Å²) in [7, 11) is 1.37. The highest BCUT2D eigenvalue weighted by Crippen LogP contribution is 2.20. The Morgan fingerprint density at radius 2 is 2.50 bits per heavy atom. The van der Waals surface area contributed by atoms with Gasteiger partial charge in [0.15, 0.2) is 6.21 Å². The van der Waals surface area contributed by atoms with Crippen LogP contribution in [0.25, 0.3) is 0 Å². The maximum atomic E-state index is 10.4. The first-order valence-electron chi connectivity index (χ1n) is 2.71. The third-order valence-corrected chi connectivity index (χ3v) is 1.81. The second kappa shape index (κ2) is 2.70. The molecule has 1 N–H and O–H groups in total. The zero-order chi connectivity index (χ0) is 7.56. The van der Waals surface area contributed by atoms with Crippen LogP contribution in [-0.4, -0.2) is 23.1 Å². The molecule has 0 amide bonds. The van der Waals surface area contributed by atoms with Crippen LogP contribution in [0.5, 0.6) is 5.75 Å². The van der Waals surface area contributed by atoms with Crippen molar-refractivity contribution in [2.75, 3.05) is 7.05 Å². The summed E-state index contributed by atoms with van der Waals surface area (Å²) in [5.74, 6) is 0.160. The summed E-state index contributed by atoms with van der Waals surface area (Å²) in [6.07, 6.45) is 1.33. The van der Waals surface area contributed by atoms with Crippen LogP contribution in [0.2, 0.25) is 0 Å². The first kappa shape index (κ1) is 7.08. The van der Waals surface area contributed by atoms with Crippen LogP contribution in [0.3, 0.4) is 0 Å². The molecule has 1 aromatic heterocycles. The number of hydrogen-bond donors (Lipinski definition) is 1. The van der Waals surface area contributed by atoms with Crippen molar-refractivity contribution < 1.29 is 9.85 Å². The molecule has 0 saturated heterocycles. The molecule has 0 saturated carbocycles. The Morgan fingerprint density at radius 3 is 2.90 bits per heavy atom. The molecule has 1 aromatic rings. The van der Waals surface area contributed by atoms with E-state index in [0.29, 0.717) is 9.62 Å². The van der Waals surface area contributed by atoms with Crippen molar-refractivity contribution >= 4 is 17.6 Å². The molecule has 3 nitrogen and oxygen atoms in total. The van der Waals surface area contributed by atoms with E-state index in [9.17, 15) is 5.21 Å². The molecule has 0 unspecified atom stereocenters. The van der Waals surface area contributed by atoms with Crippen molar-refractivity contribution in [3.05, 3.63) is 21.5 Å². The maximum Gasteiger partial charge on any atom is 0.195 e. The lowest BCUT2D eigenvalue weighted by Crippen LogP contribution is -1.94. The number of hydroxylamine groups is 1. The molecule has 4 heteroatoms. The van der Waals surface area contributed by atoms with Crippen molar-refractivity contribution in [2.24, 2.45) is 0 Å². The van der Waals surface area contributed by atoms with Gasteiger partial charge in [0.2, 0.25) is 0 Å². The van der Waals surface area contributed by atoms with E-state index < -0.39 is 0 Å². The molecular formula is C6H7NO2S. The quantitative estimate of drug-likeness (QED) is 0.286. The van der Waals surface area contributed by atoms with Crippen LogP contribution in [0.15, 0.2) is 11.4 Å². The second-order valence-corrected chi connectivity index (χ2v) is 2.79. The van der Waals surface area contributed by atoms with Crippen molar-refractivity contribution in [2.45, 2.75) is 0 Å². The summed E-state index contributed by atoms with van der Waals surface area (Å²) in [6, 6.07) is 1.56. The summed E-state index contributed by atoms with van der Waals surface area (Å²) in [5, 5.41) is 21.2. The molecule has 0 aromatic carbocycles. The van der Waals surface area contributed by atoms with E-state index in [1.165, 1.54) is 24.6 Å². The minimum Gasteiger partial charge on any atom is -0.624 e. The fraction of sp³-hybridized carbons (Fsp3) is 0.167. The fourth-order valence-corrected chi connectivity index (χ4v) is 1.32. The average molecular weight is 157 g/mol. The van der Waals surface area contributed by atoms with Gasteiger partial charge < -0.3 is 10.3 Å². The molecule has 1 rings (SSSR count). The Hall–Kier alpha value is -1.03. The highest BCUT2D eigenvalue weighted by molar-refractivity contribution is 7.12. The van der Waals surface area contributed by atoms with E-state index in [0.717, 1.165) is 0 Å². The van der Waals surface area contributed by atoms with Gasteiger partial charge in [0.25, 0.3) is 0 Å². The Balaban J connectivity index is 2.95. The summed E-state index contributed by atoms with van der Waals surface area (Å²) in [4.78, 5) is 0.595. The molecule has 0 aliphatic carbocycles. The van der Waals surface area contributed by atoms with Gasteiger partial charge in [0.05, 0.1) is 0 Å². The van der Waals surface area contributed by atoms with Gasteiger partial charge >= 0.3 is 0 Å². The zero-order valence-electron chi connectivity index (χ0n) is 5.44. The highest BCUT2D eigenvalue weighted by Gasteiger charge is 2.00. The van der Waals surface area contributed by atoms with Crippen molar-refractivity contribution in [1.29, 1.82) is 0 Å². The second-order valence-electron chi connectivity index (χ2n) is 1.85. The molecule has 0 aliphatic heterocycles. The molecule has 0 bridgehead atoms. The van der Waals surface area contributed by atoms with Gasteiger partial charge in [-0.05, 0) is 11.4 Å². The Morgan fingerprint density at radius 1 is 1.80 bits per heavy atom. The first-order chi connectivity index (χ1) is 4.70. The van der Waals surface area contributed by atoms with E-state index in [4.69, 9.17) is 5.11 Å². The lowest BCUT2D eigenvalue weighted by atomic mass is 10.4. The molecule has 0 atom stereocenters. The highest BCUT2D eigenvalue weighted by atomic mass is 32.1. The first-order valence-corrected chi connectivity index (χ1v) is 3.59. The summed E-state index contributed by atoms with van der Waals surface area (Å²) in [5.41, 5.74) is 0. The number of hydrogen-bond acceptors (Lipinski definition) is 3. The molecule has 54 valence electrons. The van der Waals surface area contributed by atoms with Crippen LogP contribution in [0.1, 0.15) is 4.88 Å². The van der Waals surface area contributed by atoms with Gasteiger partial charge in [-0.15, -0.1) is 11.3 Å². The molecule has 0 spiro atoms. The van der Waals surface area contributed by atoms with Crippen LogP contribution in [0.4, 0.5) is 0 Å². The minimum absolute atomic E-state index is 0.160. The molecule has 1 heterocycles. The smallest absolute Gasteiger partial charge is 0.195 e. The molecule has 0 fully saturated rings. The lowest BCUT2D eigenvalue weighted by molar-refractivity contribution is -0.416. The Kier molecular flexibility index (Phi) is 1.91. The van der Waals surface area contributed by atoms with Gasteiger partial charge in [-0.2, -0.15) is 0 Å². The van der Waals surface area contributed by atoms with Crippen molar-refractivity contribution in [3.8, 4) is 5.75 Å². The van der Waals surface area contributed by atoms with Crippen molar-refractivity contribution in [1.82, 2.24) is 0 Å². The molecular weight excluding hydrogens is 150 g/mol. The molecule has 0 aliphatic rings. The minimum atomic E-state index is 0.160. The van der Waals surface area contributed by atoms with E-state index in [1.54, 1.807) is 11.4 Å². The topological polar surface area (TPSA) is 46.3 Å². The summed E-state index contributed by atoms with van der Waals surface area (Å²) in [6.45, 7) is 0. The fourth-order valence-electron chi connectivity index (χ4n) is 0.576. The maximum absolute atomic E-state index is 10.4. The SMILES string of the molecule is C[N+]([O-])=Cc1sccc1O. The van der Waals surface area contributed by atoms with E-state index >= 15 is 0 Å². The summed E-state index contributed by atoms with van der Waals surface area (Å²) < 4.78 is 0.658. The van der Waals surface area contributed by atoms with Crippen LogP contribution in [-0.2, 0) is 0 Å². The predicted molar refractivity (Wildman–Crippen MR) is 40.7 cm³/mol. The van der Waals surface area contributed by atoms with Gasteiger partial charge in [0, 0.05) is 0 Å². The number of rotatable bonds is 1. The third kappa shape index (κ3) is 1.48. The van der Waals surface area contributed by atoms with Crippen LogP contribution < -0.4 is 0 Å². The van der Waals surface area contributed by atoms with Gasteiger partial charge in [-0.1, -0.05) is 0 Å². The van der Waals surface area contributed by atoms with E-state index in [1.807, 2.05) is 0 Å². The standard InChI is InChI=1S/C6H7NO2S/c1-7(9)4-6-5(8)2-3-10-6/h2-4,8H,1H3. The lowest BCUT2D eigenvalue weighted by Gasteiger charge is -1.92. The largest absolute Gasteiger partial charge is 0.624 e. The average Bonchev–Trinajstić information content (AvgIpc) is 2.15. The van der Waals surface area contributed by atoms with E-state index in [2.05, 4.69) is 0 Å². The Bertz CT molecular complexity index is 250. The van der Waals surface area contributed by atoms with E-state index in [-0.39, 0.29) is 5.75 Å². The Labute approximate surface area is 62.4 Å². The normalized spacial score (nSPS) is 11.9. The zero-order valence-corrected chi connectivity index (χ0v) is 6.26. The van der Waals surface area contributed by atoms with Gasteiger partial charge in [-0.3, -0.25) is 0 Å². The van der Waals surface area contributed by atoms with Crippen LogP contribution >= 0.6 is 11.3 Å². The summed E-state index contributed by atoms with van der Waals surface area (Å²) >= 11 is 1.33. The molecule has 0 radical (unpaired) electrons. The monoisotopic (exact) mass is 157 g/mol. The molecule has 10 heavy (non-hydrogen) atoms. The number of aromatic hydroxyl groups is 1. The third-order valence-electron chi connectivity index (χ3n) is 0.972.